The van der Waals surface area contributed by atoms with Gasteiger partial charge in [0.1, 0.15) is 11.5 Å². The van der Waals surface area contributed by atoms with Gasteiger partial charge in [-0.2, -0.15) is 0 Å². The van der Waals surface area contributed by atoms with E-state index in [1.165, 1.54) is 6.08 Å². The molecule has 0 radical (unpaired) electrons. The minimum Gasteiger partial charge on any atom is -0.457 e. The van der Waals surface area contributed by atoms with Crippen LogP contribution in [-0.2, 0) is 11.2 Å². The van der Waals surface area contributed by atoms with E-state index >= 15 is 0 Å². The molecule has 2 aromatic carbocycles. The number of carbonyl (C=O) groups is 1. The van der Waals surface area contributed by atoms with Crippen LogP contribution in [0.5, 0.6) is 0 Å². The summed E-state index contributed by atoms with van der Waals surface area (Å²) in [6.45, 7) is 4.07. The largest absolute Gasteiger partial charge is 0.457 e. The molecule has 3 aromatic rings. The first-order chi connectivity index (χ1) is 12.2. The van der Waals surface area contributed by atoms with E-state index in [0.29, 0.717) is 5.76 Å². The van der Waals surface area contributed by atoms with Gasteiger partial charge in [-0.15, -0.1) is 0 Å². The Hall–Kier alpha value is -3.07. The monoisotopic (exact) mass is 331 g/mol. The van der Waals surface area contributed by atoms with Crippen molar-refractivity contribution in [2.24, 2.45) is 0 Å². The Bertz CT molecular complexity index is 891. The molecule has 1 heterocycles. The van der Waals surface area contributed by atoms with Gasteiger partial charge in [0.2, 0.25) is 5.91 Å². The zero-order valence-corrected chi connectivity index (χ0v) is 14.5. The van der Waals surface area contributed by atoms with Crippen LogP contribution in [0.15, 0.2) is 71.2 Å². The Morgan fingerprint density at radius 3 is 2.60 bits per heavy atom. The highest BCUT2D eigenvalue weighted by Crippen LogP contribution is 2.23. The van der Waals surface area contributed by atoms with Crippen LogP contribution in [-0.4, -0.2) is 5.91 Å². The minimum absolute atomic E-state index is 0.165. The summed E-state index contributed by atoms with van der Waals surface area (Å²) in [6, 6.07) is 19.7. The molecule has 3 rings (SSSR count). The number of hydrogen-bond donors (Lipinski definition) is 1. The number of nitrogens with one attached hydrogen (secondary N) is 1. The normalized spacial score (nSPS) is 11.0. The maximum absolute atomic E-state index is 12.2. The second kappa shape index (κ2) is 7.67. The average molecular weight is 331 g/mol. The van der Waals surface area contributed by atoms with E-state index in [9.17, 15) is 4.79 Å². The first kappa shape index (κ1) is 16.8. The summed E-state index contributed by atoms with van der Waals surface area (Å²) >= 11 is 0. The molecule has 0 spiro atoms. The van der Waals surface area contributed by atoms with Crippen LogP contribution in [0.4, 0.5) is 5.69 Å². The van der Waals surface area contributed by atoms with E-state index in [1.54, 1.807) is 6.08 Å². The fraction of sp³-hybridized carbons (Fsp3) is 0.136. The number of anilines is 1. The molecule has 3 nitrogen and oxygen atoms in total. The van der Waals surface area contributed by atoms with Crippen LogP contribution in [0.2, 0.25) is 0 Å². The molecule has 0 bridgehead atoms. The van der Waals surface area contributed by atoms with E-state index in [0.717, 1.165) is 34.6 Å². The second-order valence-electron chi connectivity index (χ2n) is 5.85. The molecule has 0 unspecified atom stereocenters. The number of amides is 1. The molecule has 1 aromatic heterocycles. The summed E-state index contributed by atoms with van der Waals surface area (Å²) in [6.07, 6.45) is 4.06. The lowest BCUT2D eigenvalue weighted by Crippen LogP contribution is -2.10. The predicted molar refractivity (Wildman–Crippen MR) is 102 cm³/mol. The van der Waals surface area contributed by atoms with Crippen molar-refractivity contribution in [3.8, 4) is 11.3 Å². The maximum Gasteiger partial charge on any atom is 0.248 e. The lowest BCUT2D eigenvalue weighted by atomic mass is 10.1. The van der Waals surface area contributed by atoms with Gasteiger partial charge in [0.05, 0.1) is 0 Å². The minimum atomic E-state index is -0.165. The Balaban J connectivity index is 1.71. The Labute approximate surface area is 148 Å². The van der Waals surface area contributed by atoms with Gasteiger partial charge in [-0.05, 0) is 42.7 Å². The van der Waals surface area contributed by atoms with Crippen molar-refractivity contribution >= 4 is 17.7 Å². The zero-order chi connectivity index (χ0) is 17.6. The average Bonchev–Trinajstić information content (AvgIpc) is 3.11. The summed E-state index contributed by atoms with van der Waals surface area (Å²) in [5.41, 5.74) is 4.10. The molecule has 1 amide bonds. The highest BCUT2D eigenvalue weighted by molar-refractivity contribution is 6.02. The van der Waals surface area contributed by atoms with Crippen molar-refractivity contribution in [1.29, 1.82) is 0 Å². The Morgan fingerprint density at radius 1 is 1.04 bits per heavy atom. The molecule has 3 heteroatoms. The number of furan rings is 1. The number of aryl methyl sites for hydroxylation is 2. The van der Waals surface area contributed by atoms with E-state index in [2.05, 4.69) is 12.2 Å². The molecule has 126 valence electrons. The number of para-hydroxylation sites is 1. The number of benzene rings is 2. The molecule has 25 heavy (non-hydrogen) atoms. The van der Waals surface area contributed by atoms with E-state index < -0.39 is 0 Å². The first-order valence-corrected chi connectivity index (χ1v) is 8.40. The molecule has 1 N–H and O–H groups in total. The Morgan fingerprint density at radius 2 is 1.84 bits per heavy atom. The van der Waals surface area contributed by atoms with Gasteiger partial charge in [0.25, 0.3) is 0 Å². The summed E-state index contributed by atoms with van der Waals surface area (Å²) in [4.78, 5) is 12.2. The van der Waals surface area contributed by atoms with Crippen LogP contribution in [0.25, 0.3) is 17.4 Å². The van der Waals surface area contributed by atoms with Crippen molar-refractivity contribution in [2.75, 3.05) is 5.32 Å². The van der Waals surface area contributed by atoms with Crippen molar-refractivity contribution in [1.82, 2.24) is 0 Å². The fourth-order valence-electron chi connectivity index (χ4n) is 2.72. The van der Waals surface area contributed by atoms with Gasteiger partial charge in [0.15, 0.2) is 0 Å². The molecule has 0 aliphatic heterocycles. The summed E-state index contributed by atoms with van der Waals surface area (Å²) in [5, 5.41) is 2.97. The second-order valence-corrected chi connectivity index (χ2v) is 5.85. The molecule has 0 saturated heterocycles. The molecular formula is C22H21NO2. The van der Waals surface area contributed by atoms with Crippen molar-refractivity contribution < 1.29 is 9.21 Å². The molecule has 0 fully saturated rings. The predicted octanol–water partition coefficient (Wildman–Crippen LogP) is 5.47. The number of rotatable bonds is 5. The van der Waals surface area contributed by atoms with Crippen LogP contribution in [0.1, 0.15) is 23.8 Å². The third kappa shape index (κ3) is 4.07. The van der Waals surface area contributed by atoms with E-state index in [1.807, 2.05) is 67.6 Å². The lowest BCUT2D eigenvalue weighted by molar-refractivity contribution is -0.111. The van der Waals surface area contributed by atoms with Crippen LogP contribution in [0.3, 0.4) is 0 Å². The SMILES string of the molecule is CCc1cccc(C)c1NC(=O)/C=C/c1ccc(-c2ccccc2)o1. The van der Waals surface area contributed by atoms with E-state index in [-0.39, 0.29) is 5.91 Å². The molecule has 0 aliphatic rings. The highest BCUT2D eigenvalue weighted by Gasteiger charge is 2.07. The standard InChI is InChI=1S/C22H21NO2/c1-3-17-11-7-8-16(2)22(17)23-21(24)15-13-19-12-14-20(25-19)18-9-5-4-6-10-18/h4-15H,3H2,1-2H3,(H,23,24)/b15-13+. The van der Waals surface area contributed by atoms with Gasteiger partial charge >= 0.3 is 0 Å². The Kier molecular flexibility index (Phi) is 5.14. The molecule has 0 atom stereocenters. The first-order valence-electron chi connectivity index (χ1n) is 8.40. The topological polar surface area (TPSA) is 42.2 Å². The summed E-state index contributed by atoms with van der Waals surface area (Å²) in [7, 11) is 0. The van der Waals surface area contributed by atoms with Crippen LogP contribution >= 0.6 is 0 Å². The summed E-state index contributed by atoms with van der Waals surface area (Å²) < 4.78 is 5.77. The molecule has 0 aliphatic carbocycles. The molecule has 0 saturated carbocycles. The zero-order valence-electron chi connectivity index (χ0n) is 14.5. The van der Waals surface area contributed by atoms with Gasteiger partial charge in [-0.3, -0.25) is 4.79 Å². The number of hydrogen-bond acceptors (Lipinski definition) is 2. The third-order valence-electron chi connectivity index (χ3n) is 4.07. The van der Waals surface area contributed by atoms with E-state index in [4.69, 9.17) is 4.42 Å². The maximum atomic E-state index is 12.2. The van der Waals surface area contributed by atoms with Crippen LogP contribution < -0.4 is 5.32 Å². The smallest absolute Gasteiger partial charge is 0.248 e. The van der Waals surface area contributed by atoms with Crippen molar-refractivity contribution in [3.63, 3.8) is 0 Å². The van der Waals surface area contributed by atoms with Crippen LogP contribution in [0, 0.1) is 6.92 Å². The van der Waals surface area contributed by atoms with Crippen molar-refractivity contribution in [2.45, 2.75) is 20.3 Å². The van der Waals surface area contributed by atoms with Gasteiger partial charge in [-0.25, -0.2) is 0 Å². The number of carbonyl (C=O) groups excluding carboxylic acids is 1. The molecular weight excluding hydrogens is 310 g/mol. The van der Waals surface area contributed by atoms with Gasteiger partial charge in [-0.1, -0.05) is 55.5 Å². The highest BCUT2D eigenvalue weighted by atomic mass is 16.3. The van der Waals surface area contributed by atoms with Crippen molar-refractivity contribution in [3.05, 3.63) is 83.6 Å². The lowest BCUT2D eigenvalue weighted by Gasteiger charge is -2.11. The summed E-state index contributed by atoms with van der Waals surface area (Å²) in [5.74, 6) is 1.27. The van der Waals surface area contributed by atoms with Gasteiger partial charge < -0.3 is 9.73 Å². The quantitative estimate of drug-likeness (QED) is 0.630. The fourth-order valence-corrected chi connectivity index (χ4v) is 2.72. The third-order valence-corrected chi connectivity index (χ3v) is 4.07. The van der Waals surface area contributed by atoms with Gasteiger partial charge in [0, 0.05) is 17.3 Å².